The van der Waals surface area contributed by atoms with Gasteiger partial charge in [-0.1, -0.05) is 48.5 Å². The molecular formula is C26H21NO6S. The third kappa shape index (κ3) is 5.18. The number of ether oxygens (including phenoxy) is 2. The minimum atomic E-state index is -0.643. The first-order valence-electron chi connectivity index (χ1n) is 10.6. The quantitative estimate of drug-likeness (QED) is 0.280. The van der Waals surface area contributed by atoms with Crippen molar-refractivity contribution in [2.24, 2.45) is 0 Å². The van der Waals surface area contributed by atoms with Gasteiger partial charge in [0.2, 0.25) is 0 Å². The maximum absolute atomic E-state index is 12.7. The minimum absolute atomic E-state index is 0.197. The summed E-state index contributed by atoms with van der Waals surface area (Å²) in [6.45, 7) is 2.95. The molecule has 0 spiro atoms. The van der Waals surface area contributed by atoms with Gasteiger partial charge < -0.3 is 9.47 Å². The molecule has 4 rings (SSSR count). The topological polar surface area (TPSA) is 90.0 Å². The van der Waals surface area contributed by atoms with E-state index in [4.69, 9.17) is 9.47 Å². The molecule has 2 amide bonds. The van der Waals surface area contributed by atoms with E-state index in [9.17, 15) is 19.2 Å². The maximum Gasteiger partial charge on any atom is 0.344 e. The number of thioether (sulfide) groups is 1. The van der Waals surface area contributed by atoms with E-state index in [2.05, 4.69) is 0 Å². The molecule has 1 fully saturated rings. The Labute approximate surface area is 200 Å². The van der Waals surface area contributed by atoms with Crippen LogP contribution >= 0.6 is 11.8 Å². The van der Waals surface area contributed by atoms with Gasteiger partial charge >= 0.3 is 11.9 Å². The molecule has 172 valence electrons. The molecule has 0 saturated carbocycles. The number of carbonyl (C=O) groups excluding carboxylic acids is 4. The van der Waals surface area contributed by atoms with Crippen molar-refractivity contribution < 1.29 is 28.7 Å². The molecule has 3 aromatic carbocycles. The molecule has 0 N–H and O–H groups in total. The zero-order valence-electron chi connectivity index (χ0n) is 18.5. The summed E-state index contributed by atoms with van der Waals surface area (Å²) in [6.07, 6.45) is 1.21. The summed E-state index contributed by atoms with van der Waals surface area (Å²) < 4.78 is 10.5. The van der Waals surface area contributed by atoms with Crippen LogP contribution in [0, 0.1) is 0 Å². The number of nitrogens with zero attached hydrogens (tertiary/aromatic N) is 1. The second-order valence-corrected chi connectivity index (χ2v) is 8.78. The standard InChI is InChI=1S/C26H21NO6S/c1-16(2)32-23(28)15-27-24(29)22(34-26(27)31)14-17-10-12-19(13-11-17)33-25(30)21-9-5-7-18-6-3-4-8-20(18)21/h3-14,16H,15H2,1-2H3/b22-14-. The van der Waals surface area contributed by atoms with E-state index in [0.717, 1.165) is 27.4 Å². The van der Waals surface area contributed by atoms with Gasteiger partial charge in [0.25, 0.3) is 11.1 Å². The fraction of sp³-hybridized carbons (Fsp3) is 0.154. The lowest BCUT2D eigenvalue weighted by Crippen LogP contribution is -2.35. The molecule has 0 unspecified atom stereocenters. The van der Waals surface area contributed by atoms with E-state index in [-0.39, 0.29) is 11.0 Å². The van der Waals surface area contributed by atoms with Crippen LogP contribution in [0.25, 0.3) is 16.8 Å². The Morgan fingerprint density at radius 1 is 0.971 bits per heavy atom. The number of rotatable bonds is 6. The van der Waals surface area contributed by atoms with Gasteiger partial charge in [0.1, 0.15) is 12.3 Å². The van der Waals surface area contributed by atoms with E-state index in [1.54, 1.807) is 56.3 Å². The Balaban J connectivity index is 1.44. The number of imide groups is 1. The Hall–Kier alpha value is -3.91. The number of fused-ring (bicyclic) bond motifs is 1. The summed E-state index contributed by atoms with van der Waals surface area (Å²) in [4.78, 5) is 50.3. The van der Waals surface area contributed by atoms with Gasteiger partial charge in [0.15, 0.2) is 0 Å². The fourth-order valence-corrected chi connectivity index (χ4v) is 4.25. The molecule has 0 radical (unpaired) electrons. The van der Waals surface area contributed by atoms with Crippen LogP contribution in [0.3, 0.4) is 0 Å². The van der Waals surface area contributed by atoms with E-state index in [1.165, 1.54) is 0 Å². The van der Waals surface area contributed by atoms with Crippen LogP contribution < -0.4 is 4.74 Å². The Bertz CT molecular complexity index is 1310. The predicted molar refractivity (Wildman–Crippen MR) is 129 cm³/mol. The van der Waals surface area contributed by atoms with Crippen molar-refractivity contribution in [1.29, 1.82) is 0 Å². The van der Waals surface area contributed by atoms with Crippen LogP contribution in [0.4, 0.5) is 4.79 Å². The average molecular weight is 476 g/mol. The zero-order valence-corrected chi connectivity index (χ0v) is 19.3. The number of hydrogen-bond donors (Lipinski definition) is 0. The molecule has 1 aliphatic heterocycles. The fourth-order valence-electron chi connectivity index (χ4n) is 3.41. The van der Waals surface area contributed by atoms with Crippen molar-refractivity contribution in [2.75, 3.05) is 6.54 Å². The lowest BCUT2D eigenvalue weighted by molar-refractivity contribution is -0.149. The highest BCUT2D eigenvalue weighted by molar-refractivity contribution is 8.18. The molecule has 0 aromatic heterocycles. The van der Waals surface area contributed by atoms with E-state index >= 15 is 0 Å². The van der Waals surface area contributed by atoms with Crippen molar-refractivity contribution in [3.63, 3.8) is 0 Å². The van der Waals surface area contributed by atoms with Crippen molar-refractivity contribution in [1.82, 2.24) is 4.90 Å². The van der Waals surface area contributed by atoms with Gasteiger partial charge in [-0.15, -0.1) is 0 Å². The van der Waals surface area contributed by atoms with Crippen LogP contribution in [-0.2, 0) is 14.3 Å². The molecule has 1 aliphatic rings. The highest BCUT2D eigenvalue weighted by Crippen LogP contribution is 2.32. The largest absolute Gasteiger partial charge is 0.462 e. The molecule has 8 heteroatoms. The van der Waals surface area contributed by atoms with Crippen LogP contribution in [0.1, 0.15) is 29.8 Å². The molecule has 1 saturated heterocycles. The lowest BCUT2D eigenvalue weighted by Gasteiger charge is -2.13. The molecule has 3 aromatic rings. The molecule has 7 nitrogen and oxygen atoms in total. The molecule has 0 aliphatic carbocycles. The van der Waals surface area contributed by atoms with E-state index in [1.807, 2.05) is 30.3 Å². The number of esters is 2. The Kier molecular flexibility index (Phi) is 6.79. The van der Waals surface area contributed by atoms with Crippen LogP contribution in [0.15, 0.2) is 71.6 Å². The highest BCUT2D eigenvalue weighted by Gasteiger charge is 2.36. The van der Waals surface area contributed by atoms with Crippen molar-refractivity contribution >= 4 is 51.7 Å². The number of carbonyl (C=O) groups is 4. The van der Waals surface area contributed by atoms with Gasteiger partial charge in [0.05, 0.1) is 16.6 Å². The molecule has 0 bridgehead atoms. The van der Waals surface area contributed by atoms with Gasteiger partial charge in [0, 0.05) is 0 Å². The summed E-state index contributed by atoms with van der Waals surface area (Å²) in [5, 5.41) is 1.22. The van der Waals surface area contributed by atoms with Crippen LogP contribution in [0.2, 0.25) is 0 Å². The normalized spacial score (nSPS) is 14.8. The third-order valence-corrected chi connectivity index (χ3v) is 5.83. The first-order chi connectivity index (χ1) is 16.3. The van der Waals surface area contributed by atoms with Gasteiger partial charge in [-0.05, 0) is 66.2 Å². The summed E-state index contributed by atoms with van der Waals surface area (Å²) in [5.41, 5.74) is 1.10. The highest BCUT2D eigenvalue weighted by atomic mass is 32.2. The molecular weight excluding hydrogens is 454 g/mol. The van der Waals surface area contributed by atoms with E-state index < -0.39 is 29.6 Å². The van der Waals surface area contributed by atoms with Crippen molar-refractivity contribution in [2.45, 2.75) is 20.0 Å². The summed E-state index contributed by atoms with van der Waals surface area (Å²) in [7, 11) is 0. The van der Waals surface area contributed by atoms with Crippen LogP contribution in [-0.4, -0.2) is 40.6 Å². The second-order valence-electron chi connectivity index (χ2n) is 7.79. The predicted octanol–water partition coefficient (Wildman–Crippen LogP) is 5.05. The monoisotopic (exact) mass is 475 g/mol. The van der Waals surface area contributed by atoms with Gasteiger partial charge in [-0.25, -0.2) is 4.79 Å². The van der Waals surface area contributed by atoms with Gasteiger partial charge in [-0.3, -0.25) is 19.3 Å². The number of amides is 2. The van der Waals surface area contributed by atoms with Crippen molar-refractivity contribution in [3.8, 4) is 5.75 Å². The molecule has 1 heterocycles. The average Bonchev–Trinajstić information content (AvgIpc) is 3.06. The zero-order chi connectivity index (χ0) is 24.2. The lowest BCUT2D eigenvalue weighted by atomic mass is 10.0. The Morgan fingerprint density at radius 2 is 1.68 bits per heavy atom. The van der Waals surface area contributed by atoms with E-state index in [0.29, 0.717) is 16.9 Å². The Morgan fingerprint density at radius 3 is 2.41 bits per heavy atom. The maximum atomic E-state index is 12.7. The van der Waals surface area contributed by atoms with Crippen molar-refractivity contribution in [3.05, 3.63) is 82.8 Å². The SMILES string of the molecule is CC(C)OC(=O)CN1C(=O)S/C(=C\c2ccc(OC(=O)c3cccc4ccccc34)cc2)C1=O. The first-order valence-corrected chi connectivity index (χ1v) is 11.4. The number of hydrogen-bond acceptors (Lipinski definition) is 7. The minimum Gasteiger partial charge on any atom is -0.462 e. The number of benzene rings is 3. The van der Waals surface area contributed by atoms with Gasteiger partial charge in [-0.2, -0.15) is 0 Å². The second kappa shape index (κ2) is 9.93. The first kappa shape index (κ1) is 23.3. The van der Waals surface area contributed by atoms with Crippen LogP contribution in [0.5, 0.6) is 5.75 Å². The summed E-state index contributed by atoms with van der Waals surface area (Å²) in [6, 6.07) is 19.6. The molecule has 0 atom stereocenters. The smallest absolute Gasteiger partial charge is 0.344 e. The third-order valence-electron chi connectivity index (χ3n) is 4.93. The summed E-state index contributed by atoms with van der Waals surface area (Å²) in [5.74, 6) is -1.32. The summed E-state index contributed by atoms with van der Waals surface area (Å²) >= 11 is 0.756. The molecule has 34 heavy (non-hydrogen) atoms.